The molecule has 1 amide bonds. The third-order valence-electron chi connectivity index (χ3n) is 4.55. The fraction of sp³-hybridized carbons (Fsp3) is 0.190. The van der Waals surface area contributed by atoms with E-state index in [1.807, 2.05) is 6.92 Å². The van der Waals surface area contributed by atoms with Crippen LogP contribution in [0.2, 0.25) is 0 Å². The van der Waals surface area contributed by atoms with Gasteiger partial charge in [0, 0.05) is 23.9 Å². The molecule has 1 N–H and O–H groups in total. The number of tetrazole rings is 1. The average Bonchev–Trinajstić information content (AvgIpc) is 3.43. The molecule has 0 unspecified atom stereocenters. The number of ether oxygens (including phenoxy) is 1. The molecule has 4 rings (SSSR count). The Bertz CT molecular complexity index is 1190. The number of hydrogen-bond donors (Lipinski definition) is 1. The summed E-state index contributed by atoms with van der Waals surface area (Å²) in [6, 6.07) is 13.3. The number of carbonyl (C=O) groups excluding carboxylic acids is 1. The van der Waals surface area contributed by atoms with Crippen LogP contribution in [0.5, 0.6) is 5.75 Å². The minimum Gasteiger partial charge on any atom is -0.486 e. The van der Waals surface area contributed by atoms with Crippen molar-refractivity contribution in [3.63, 3.8) is 0 Å². The molecule has 0 fully saturated rings. The SMILES string of the molecule is CCn1nnnc1COc1cccc(C(=O)Nc2cnn(Cc3ccccc3F)c2)c1. The molecule has 0 saturated carbocycles. The fourth-order valence-corrected chi connectivity index (χ4v) is 2.97. The molecule has 2 heterocycles. The molecule has 0 radical (unpaired) electrons. The van der Waals surface area contributed by atoms with Crippen LogP contribution < -0.4 is 10.1 Å². The predicted molar refractivity (Wildman–Crippen MR) is 110 cm³/mol. The number of carbonyl (C=O) groups is 1. The Balaban J connectivity index is 1.38. The maximum atomic E-state index is 13.8. The summed E-state index contributed by atoms with van der Waals surface area (Å²) < 4.78 is 22.7. The number of hydrogen-bond acceptors (Lipinski definition) is 6. The highest BCUT2D eigenvalue weighted by atomic mass is 19.1. The van der Waals surface area contributed by atoms with Crippen molar-refractivity contribution in [1.29, 1.82) is 0 Å². The van der Waals surface area contributed by atoms with E-state index in [1.165, 1.54) is 12.3 Å². The van der Waals surface area contributed by atoms with Crippen LogP contribution in [0.1, 0.15) is 28.7 Å². The van der Waals surface area contributed by atoms with Crippen molar-refractivity contribution in [2.45, 2.75) is 26.6 Å². The van der Waals surface area contributed by atoms with Crippen molar-refractivity contribution in [3.8, 4) is 5.75 Å². The van der Waals surface area contributed by atoms with Gasteiger partial charge in [-0.3, -0.25) is 9.48 Å². The number of rotatable bonds is 8. The summed E-state index contributed by atoms with van der Waals surface area (Å²) in [5.74, 6) is 0.510. The molecule has 0 spiro atoms. The topological polar surface area (TPSA) is 99.8 Å². The van der Waals surface area contributed by atoms with Gasteiger partial charge in [0.05, 0.1) is 18.4 Å². The van der Waals surface area contributed by atoms with Crippen LogP contribution in [-0.4, -0.2) is 35.9 Å². The van der Waals surface area contributed by atoms with E-state index in [0.717, 1.165) is 0 Å². The zero-order chi connectivity index (χ0) is 21.6. The molecule has 158 valence electrons. The first-order chi connectivity index (χ1) is 15.1. The van der Waals surface area contributed by atoms with Crippen LogP contribution in [0.4, 0.5) is 10.1 Å². The van der Waals surface area contributed by atoms with Crippen molar-refractivity contribution in [3.05, 3.63) is 83.7 Å². The molecule has 9 nitrogen and oxygen atoms in total. The van der Waals surface area contributed by atoms with Crippen molar-refractivity contribution in [1.82, 2.24) is 30.0 Å². The van der Waals surface area contributed by atoms with E-state index in [0.29, 0.717) is 34.9 Å². The molecule has 0 bridgehead atoms. The van der Waals surface area contributed by atoms with Gasteiger partial charge in [0.1, 0.15) is 18.2 Å². The molecule has 4 aromatic rings. The van der Waals surface area contributed by atoms with Gasteiger partial charge in [0.25, 0.3) is 5.91 Å². The maximum Gasteiger partial charge on any atom is 0.255 e. The van der Waals surface area contributed by atoms with E-state index in [1.54, 1.807) is 58.0 Å². The fourth-order valence-electron chi connectivity index (χ4n) is 2.97. The van der Waals surface area contributed by atoms with Crippen LogP contribution in [0, 0.1) is 5.82 Å². The summed E-state index contributed by atoms with van der Waals surface area (Å²) in [7, 11) is 0. The van der Waals surface area contributed by atoms with E-state index >= 15 is 0 Å². The molecule has 0 aliphatic heterocycles. The Morgan fingerprint density at radius 1 is 1.19 bits per heavy atom. The molecule has 31 heavy (non-hydrogen) atoms. The van der Waals surface area contributed by atoms with E-state index in [2.05, 4.69) is 25.9 Å². The van der Waals surface area contributed by atoms with Crippen LogP contribution in [0.3, 0.4) is 0 Å². The van der Waals surface area contributed by atoms with Crippen LogP contribution in [0.25, 0.3) is 0 Å². The molecular formula is C21H20FN7O2. The second-order valence-electron chi connectivity index (χ2n) is 6.70. The number of nitrogens with one attached hydrogen (secondary N) is 1. The number of anilines is 1. The van der Waals surface area contributed by atoms with E-state index < -0.39 is 0 Å². The first kappa shape index (κ1) is 20.2. The zero-order valence-electron chi connectivity index (χ0n) is 16.8. The van der Waals surface area contributed by atoms with Gasteiger partial charge in [-0.15, -0.1) is 5.10 Å². The monoisotopic (exact) mass is 421 g/mol. The third-order valence-corrected chi connectivity index (χ3v) is 4.55. The number of halogens is 1. The number of amides is 1. The van der Waals surface area contributed by atoms with Crippen LogP contribution in [-0.2, 0) is 19.7 Å². The highest BCUT2D eigenvalue weighted by molar-refractivity contribution is 6.04. The van der Waals surface area contributed by atoms with Gasteiger partial charge in [-0.2, -0.15) is 5.10 Å². The molecule has 2 aromatic heterocycles. The largest absolute Gasteiger partial charge is 0.486 e. The summed E-state index contributed by atoms with van der Waals surface area (Å²) in [5, 5.41) is 18.4. The maximum absolute atomic E-state index is 13.8. The van der Waals surface area contributed by atoms with Gasteiger partial charge in [-0.05, 0) is 41.6 Å². The van der Waals surface area contributed by atoms with Gasteiger partial charge in [-0.25, -0.2) is 9.07 Å². The molecule has 0 aliphatic carbocycles. The van der Waals surface area contributed by atoms with Crippen LogP contribution in [0.15, 0.2) is 60.9 Å². The average molecular weight is 421 g/mol. The lowest BCUT2D eigenvalue weighted by atomic mass is 10.2. The van der Waals surface area contributed by atoms with E-state index in [4.69, 9.17) is 4.74 Å². The number of aromatic nitrogens is 6. The lowest BCUT2D eigenvalue weighted by molar-refractivity contribution is 0.102. The van der Waals surface area contributed by atoms with Gasteiger partial charge < -0.3 is 10.1 Å². The lowest BCUT2D eigenvalue weighted by Crippen LogP contribution is -2.12. The van der Waals surface area contributed by atoms with Gasteiger partial charge in [0.2, 0.25) is 0 Å². The standard InChI is InChI=1S/C21H20FN7O2/c1-2-29-20(25-26-27-29)14-31-18-8-5-7-15(10-18)21(30)24-17-11-23-28(13-17)12-16-6-3-4-9-19(16)22/h3-11,13H,2,12,14H2,1H3,(H,24,30). The molecule has 0 aliphatic rings. The number of aryl methyl sites for hydroxylation is 1. The summed E-state index contributed by atoms with van der Waals surface area (Å²) in [5.41, 5.74) is 1.45. The zero-order valence-corrected chi connectivity index (χ0v) is 16.8. The van der Waals surface area contributed by atoms with Crippen molar-refractivity contribution >= 4 is 11.6 Å². The minimum absolute atomic E-state index is 0.189. The molecular weight excluding hydrogens is 401 g/mol. The van der Waals surface area contributed by atoms with E-state index in [-0.39, 0.29) is 24.9 Å². The smallest absolute Gasteiger partial charge is 0.255 e. The van der Waals surface area contributed by atoms with Gasteiger partial charge in [0.15, 0.2) is 5.82 Å². The first-order valence-electron chi connectivity index (χ1n) is 9.67. The Morgan fingerprint density at radius 2 is 2.06 bits per heavy atom. The summed E-state index contributed by atoms with van der Waals surface area (Å²) in [4.78, 5) is 12.6. The Labute approximate surface area is 177 Å². The Hall–Kier alpha value is -4.08. The second kappa shape index (κ2) is 9.16. The first-order valence-corrected chi connectivity index (χ1v) is 9.67. The lowest BCUT2D eigenvalue weighted by Gasteiger charge is -2.08. The minimum atomic E-state index is -0.311. The molecule has 0 saturated heterocycles. The molecule has 0 atom stereocenters. The summed E-state index contributed by atoms with van der Waals surface area (Å²) in [6.45, 7) is 3.03. The quantitative estimate of drug-likeness (QED) is 0.470. The highest BCUT2D eigenvalue weighted by Gasteiger charge is 2.11. The third kappa shape index (κ3) is 4.92. The van der Waals surface area contributed by atoms with Gasteiger partial charge >= 0.3 is 0 Å². The van der Waals surface area contributed by atoms with E-state index in [9.17, 15) is 9.18 Å². The van der Waals surface area contributed by atoms with Crippen LogP contribution >= 0.6 is 0 Å². The van der Waals surface area contributed by atoms with Crippen molar-refractivity contribution in [2.24, 2.45) is 0 Å². The summed E-state index contributed by atoms with van der Waals surface area (Å²) >= 11 is 0. The van der Waals surface area contributed by atoms with Crippen molar-refractivity contribution in [2.75, 3.05) is 5.32 Å². The number of nitrogens with zero attached hydrogens (tertiary/aromatic N) is 6. The Morgan fingerprint density at radius 3 is 2.90 bits per heavy atom. The summed E-state index contributed by atoms with van der Waals surface area (Å²) in [6.07, 6.45) is 3.17. The molecule has 2 aromatic carbocycles. The predicted octanol–water partition coefficient (Wildman–Crippen LogP) is 2.91. The Kier molecular flexibility index (Phi) is 5.97. The van der Waals surface area contributed by atoms with Gasteiger partial charge in [-0.1, -0.05) is 24.3 Å². The normalized spacial score (nSPS) is 10.8. The van der Waals surface area contributed by atoms with Crippen molar-refractivity contribution < 1.29 is 13.9 Å². The molecule has 10 heteroatoms. The highest BCUT2D eigenvalue weighted by Crippen LogP contribution is 2.17. The number of benzene rings is 2. The second-order valence-corrected chi connectivity index (χ2v) is 6.70.